The fraction of sp³-hybridized carbons (Fsp3) is 0.500. The van der Waals surface area contributed by atoms with Gasteiger partial charge in [-0.05, 0) is 23.6 Å². The van der Waals surface area contributed by atoms with Gasteiger partial charge in [0.05, 0.1) is 5.75 Å². The summed E-state index contributed by atoms with van der Waals surface area (Å²) >= 11 is 0. The number of sulfonamides is 1. The van der Waals surface area contributed by atoms with Crippen molar-refractivity contribution in [1.82, 2.24) is 9.71 Å². The van der Waals surface area contributed by atoms with Crippen molar-refractivity contribution in [2.24, 2.45) is 5.92 Å². The fourth-order valence-corrected chi connectivity index (χ4v) is 2.54. The van der Waals surface area contributed by atoms with E-state index in [9.17, 15) is 8.42 Å². The van der Waals surface area contributed by atoms with Gasteiger partial charge in [-0.1, -0.05) is 6.92 Å². The van der Waals surface area contributed by atoms with E-state index in [-0.39, 0.29) is 24.8 Å². The van der Waals surface area contributed by atoms with Crippen molar-refractivity contribution in [2.45, 2.75) is 13.5 Å². The minimum Gasteiger partial charge on any atom is -0.396 e. The molecule has 0 aliphatic rings. The van der Waals surface area contributed by atoms with E-state index in [1.54, 1.807) is 31.5 Å². The lowest BCUT2D eigenvalue weighted by atomic mass is 10.2. The number of aliphatic hydroxyl groups is 1. The lowest BCUT2D eigenvalue weighted by Crippen LogP contribution is -2.29. The molecule has 0 radical (unpaired) electrons. The summed E-state index contributed by atoms with van der Waals surface area (Å²) < 4.78 is 25.5. The Morgan fingerprint density at radius 2 is 2.06 bits per heavy atom. The van der Waals surface area contributed by atoms with Crippen molar-refractivity contribution in [3.8, 4) is 0 Å². The molecular formula is C10H16N2O3S. The van der Waals surface area contributed by atoms with Crippen LogP contribution in [0.1, 0.15) is 12.5 Å². The first kappa shape index (κ1) is 13.1. The number of aromatic nitrogens is 1. The van der Waals surface area contributed by atoms with Crippen molar-refractivity contribution in [3.63, 3.8) is 0 Å². The van der Waals surface area contributed by atoms with Gasteiger partial charge in [-0.3, -0.25) is 4.98 Å². The second-order valence-electron chi connectivity index (χ2n) is 3.75. The topological polar surface area (TPSA) is 79.3 Å². The standard InChI is InChI=1S/C10H16N2O3S/c1-9(7-13)8-16(14,15)12-6-10-2-4-11-5-3-10/h2-5,9,12-13H,6-8H2,1H3. The van der Waals surface area contributed by atoms with Gasteiger partial charge in [0, 0.05) is 25.5 Å². The lowest BCUT2D eigenvalue weighted by molar-refractivity contribution is 0.249. The normalized spacial score (nSPS) is 13.6. The van der Waals surface area contributed by atoms with Gasteiger partial charge < -0.3 is 5.11 Å². The molecule has 0 amide bonds. The van der Waals surface area contributed by atoms with Crippen LogP contribution in [0.5, 0.6) is 0 Å². The van der Waals surface area contributed by atoms with E-state index in [1.807, 2.05) is 0 Å². The van der Waals surface area contributed by atoms with Crippen molar-refractivity contribution >= 4 is 10.0 Å². The van der Waals surface area contributed by atoms with Crippen LogP contribution in [0, 0.1) is 5.92 Å². The zero-order chi connectivity index (χ0) is 12.0. The monoisotopic (exact) mass is 244 g/mol. The zero-order valence-electron chi connectivity index (χ0n) is 9.13. The van der Waals surface area contributed by atoms with Crippen LogP contribution in [-0.4, -0.2) is 30.9 Å². The maximum absolute atomic E-state index is 11.5. The molecule has 0 saturated carbocycles. The summed E-state index contributed by atoms with van der Waals surface area (Å²) in [5.41, 5.74) is 0.857. The summed E-state index contributed by atoms with van der Waals surface area (Å²) in [5, 5.41) is 8.78. The number of rotatable bonds is 6. The van der Waals surface area contributed by atoms with Crippen LogP contribution >= 0.6 is 0 Å². The number of pyridine rings is 1. The van der Waals surface area contributed by atoms with Crippen LogP contribution in [0.2, 0.25) is 0 Å². The van der Waals surface area contributed by atoms with Crippen LogP contribution in [-0.2, 0) is 16.6 Å². The highest BCUT2D eigenvalue weighted by Gasteiger charge is 2.14. The van der Waals surface area contributed by atoms with Gasteiger partial charge in [0.1, 0.15) is 0 Å². The predicted octanol–water partition coefficient (Wildman–Crippen LogP) is 0.129. The van der Waals surface area contributed by atoms with Crippen LogP contribution in [0.25, 0.3) is 0 Å². The summed E-state index contributed by atoms with van der Waals surface area (Å²) in [4.78, 5) is 3.84. The molecule has 1 rings (SSSR count). The Morgan fingerprint density at radius 3 is 2.62 bits per heavy atom. The molecule has 1 aromatic heterocycles. The third kappa shape index (κ3) is 4.69. The number of nitrogens with one attached hydrogen (secondary N) is 1. The predicted molar refractivity (Wildman–Crippen MR) is 61.1 cm³/mol. The molecule has 1 heterocycles. The van der Waals surface area contributed by atoms with Crippen molar-refractivity contribution < 1.29 is 13.5 Å². The summed E-state index contributed by atoms with van der Waals surface area (Å²) in [6, 6.07) is 3.50. The largest absolute Gasteiger partial charge is 0.396 e. The summed E-state index contributed by atoms with van der Waals surface area (Å²) in [6.07, 6.45) is 3.22. The maximum Gasteiger partial charge on any atom is 0.212 e. The van der Waals surface area contributed by atoms with Crippen molar-refractivity contribution in [2.75, 3.05) is 12.4 Å². The van der Waals surface area contributed by atoms with Crippen LogP contribution in [0.3, 0.4) is 0 Å². The molecule has 0 aliphatic carbocycles. The Balaban J connectivity index is 2.49. The first-order valence-corrected chi connectivity index (χ1v) is 6.66. The summed E-state index contributed by atoms with van der Waals surface area (Å²) in [7, 11) is -3.32. The molecule has 0 saturated heterocycles. The molecule has 0 spiro atoms. The van der Waals surface area contributed by atoms with Gasteiger partial charge in [-0.2, -0.15) is 0 Å². The van der Waals surface area contributed by atoms with Gasteiger partial charge in [0.25, 0.3) is 0 Å². The highest BCUT2D eigenvalue weighted by molar-refractivity contribution is 7.89. The molecule has 90 valence electrons. The minimum absolute atomic E-state index is 0.0609. The van der Waals surface area contributed by atoms with Crippen molar-refractivity contribution in [1.29, 1.82) is 0 Å². The summed E-state index contributed by atoms with van der Waals surface area (Å²) in [5.74, 6) is -0.316. The molecule has 6 heteroatoms. The highest BCUT2D eigenvalue weighted by atomic mass is 32.2. The SMILES string of the molecule is CC(CO)CS(=O)(=O)NCc1ccncc1. The minimum atomic E-state index is -3.32. The fourth-order valence-electron chi connectivity index (χ4n) is 1.18. The molecule has 1 aromatic rings. The Morgan fingerprint density at radius 1 is 1.44 bits per heavy atom. The van der Waals surface area contributed by atoms with Crippen LogP contribution < -0.4 is 4.72 Å². The Hall–Kier alpha value is -0.980. The highest BCUT2D eigenvalue weighted by Crippen LogP contribution is 2.01. The Bertz CT molecular complexity index is 405. The Labute approximate surface area is 95.6 Å². The smallest absolute Gasteiger partial charge is 0.212 e. The molecule has 16 heavy (non-hydrogen) atoms. The summed E-state index contributed by atoms with van der Waals surface area (Å²) in [6.45, 7) is 1.81. The first-order valence-electron chi connectivity index (χ1n) is 5.00. The average Bonchev–Trinajstić information content (AvgIpc) is 2.27. The van der Waals surface area contributed by atoms with Gasteiger partial charge in [-0.25, -0.2) is 13.1 Å². The molecule has 2 N–H and O–H groups in total. The van der Waals surface area contributed by atoms with E-state index >= 15 is 0 Å². The van der Waals surface area contributed by atoms with E-state index in [1.165, 1.54) is 0 Å². The third-order valence-electron chi connectivity index (χ3n) is 2.06. The molecule has 0 aromatic carbocycles. The second-order valence-corrected chi connectivity index (χ2v) is 5.60. The maximum atomic E-state index is 11.5. The second kappa shape index (κ2) is 5.93. The van der Waals surface area contributed by atoms with Gasteiger partial charge in [0.2, 0.25) is 10.0 Å². The lowest BCUT2D eigenvalue weighted by Gasteiger charge is -2.10. The van der Waals surface area contributed by atoms with E-state index in [0.29, 0.717) is 0 Å². The van der Waals surface area contributed by atoms with Crippen LogP contribution in [0.4, 0.5) is 0 Å². The Kier molecular flexibility index (Phi) is 4.85. The third-order valence-corrected chi connectivity index (χ3v) is 3.65. The van der Waals surface area contributed by atoms with E-state index in [4.69, 9.17) is 5.11 Å². The van der Waals surface area contributed by atoms with Gasteiger partial charge in [-0.15, -0.1) is 0 Å². The molecule has 5 nitrogen and oxygen atoms in total. The van der Waals surface area contributed by atoms with Gasteiger partial charge >= 0.3 is 0 Å². The quantitative estimate of drug-likeness (QED) is 0.745. The molecule has 1 unspecified atom stereocenters. The van der Waals surface area contributed by atoms with Gasteiger partial charge in [0.15, 0.2) is 0 Å². The number of aliphatic hydroxyl groups excluding tert-OH is 1. The number of hydrogen-bond acceptors (Lipinski definition) is 4. The van der Waals surface area contributed by atoms with E-state index in [0.717, 1.165) is 5.56 Å². The van der Waals surface area contributed by atoms with Crippen molar-refractivity contribution in [3.05, 3.63) is 30.1 Å². The zero-order valence-corrected chi connectivity index (χ0v) is 9.94. The molecule has 0 fully saturated rings. The first-order chi connectivity index (χ1) is 7.53. The molecule has 1 atom stereocenters. The van der Waals surface area contributed by atoms with Crippen LogP contribution in [0.15, 0.2) is 24.5 Å². The van der Waals surface area contributed by atoms with E-state index < -0.39 is 10.0 Å². The van der Waals surface area contributed by atoms with E-state index in [2.05, 4.69) is 9.71 Å². The molecule has 0 bridgehead atoms. The molecule has 0 aliphatic heterocycles. The molecular weight excluding hydrogens is 228 g/mol. The number of hydrogen-bond donors (Lipinski definition) is 2. The average molecular weight is 244 g/mol. The number of nitrogens with zero attached hydrogens (tertiary/aromatic N) is 1.